The van der Waals surface area contributed by atoms with E-state index in [0.717, 1.165) is 17.0 Å². The summed E-state index contributed by atoms with van der Waals surface area (Å²) in [5, 5.41) is 6.21. The number of methoxy groups -OCH3 is 1. The second-order valence-electron chi connectivity index (χ2n) is 7.01. The molecule has 29 heavy (non-hydrogen) atoms. The molecule has 0 atom stereocenters. The van der Waals surface area contributed by atoms with E-state index >= 15 is 0 Å². The van der Waals surface area contributed by atoms with Gasteiger partial charge in [0.15, 0.2) is 0 Å². The van der Waals surface area contributed by atoms with E-state index in [-0.39, 0.29) is 5.91 Å². The van der Waals surface area contributed by atoms with Gasteiger partial charge >= 0.3 is 0 Å². The van der Waals surface area contributed by atoms with Crippen LogP contribution in [0.1, 0.15) is 41.4 Å². The third kappa shape index (κ3) is 5.54. The van der Waals surface area contributed by atoms with Crippen LogP contribution in [0.2, 0.25) is 0 Å². The summed E-state index contributed by atoms with van der Waals surface area (Å²) in [5.74, 6) is 1.54. The minimum atomic E-state index is -0.226. The van der Waals surface area contributed by atoms with E-state index in [4.69, 9.17) is 4.74 Å². The highest BCUT2D eigenvalue weighted by Gasteiger charge is 2.11. The van der Waals surface area contributed by atoms with Crippen LogP contribution in [-0.4, -0.2) is 29.5 Å². The third-order valence-corrected chi connectivity index (χ3v) is 4.58. The monoisotopic (exact) mass is 390 g/mol. The van der Waals surface area contributed by atoms with E-state index in [0.29, 0.717) is 30.4 Å². The summed E-state index contributed by atoms with van der Waals surface area (Å²) in [7, 11) is 1.64. The van der Waals surface area contributed by atoms with Crippen LogP contribution in [0, 0.1) is 0 Å². The Kier molecular flexibility index (Phi) is 6.79. The number of nitrogens with one attached hydrogen (secondary N) is 2. The van der Waals surface area contributed by atoms with Gasteiger partial charge in [-0.15, -0.1) is 0 Å². The zero-order valence-electron chi connectivity index (χ0n) is 17.0. The standard InChI is InChI=1S/C23H26N4O2/c1-16(2)19-9-4-5-10-20(19)27-22-14-21(25-15-26-22)23(28)24-12-11-17-7-6-8-18(13-17)29-3/h4-10,13-16H,11-12H2,1-3H3,(H,24,28)(H,25,26,27). The van der Waals surface area contributed by atoms with Crippen LogP contribution in [0.4, 0.5) is 11.5 Å². The molecule has 0 aliphatic carbocycles. The van der Waals surface area contributed by atoms with Gasteiger partial charge in [0.1, 0.15) is 23.6 Å². The summed E-state index contributed by atoms with van der Waals surface area (Å²) in [6.45, 7) is 4.79. The first kappa shape index (κ1) is 20.3. The fraction of sp³-hybridized carbons (Fsp3) is 0.261. The predicted octanol–water partition coefficient (Wildman–Crippen LogP) is 4.32. The molecule has 0 radical (unpaired) electrons. The summed E-state index contributed by atoms with van der Waals surface area (Å²) in [6.07, 6.45) is 2.11. The predicted molar refractivity (Wildman–Crippen MR) is 115 cm³/mol. The number of carbonyl (C=O) groups is 1. The van der Waals surface area contributed by atoms with E-state index in [2.05, 4.69) is 40.5 Å². The molecule has 6 heteroatoms. The molecule has 2 N–H and O–H groups in total. The number of aromatic nitrogens is 2. The number of hydrogen-bond donors (Lipinski definition) is 2. The number of hydrogen-bond acceptors (Lipinski definition) is 5. The van der Waals surface area contributed by atoms with Crippen molar-refractivity contribution in [2.75, 3.05) is 19.0 Å². The van der Waals surface area contributed by atoms with Gasteiger partial charge in [0.2, 0.25) is 0 Å². The summed E-state index contributed by atoms with van der Waals surface area (Å²) < 4.78 is 5.23. The highest BCUT2D eigenvalue weighted by molar-refractivity contribution is 5.93. The molecule has 1 amide bonds. The van der Waals surface area contributed by atoms with Crippen molar-refractivity contribution < 1.29 is 9.53 Å². The van der Waals surface area contributed by atoms with Gasteiger partial charge in [0.05, 0.1) is 7.11 Å². The average molecular weight is 390 g/mol. The van der Waals surface area contributed by atoms with Crippen molar-refractivity contribution >= 4 is 17.4 Å². The van der Waals surface area contributed by atoms with Gasteiger partial charge < -0.3 is 15.4 Å². The lowest BCUT2D eigenvalue weighted by atomic mass is 10.0. The maximum Gasteiger partial charge on any atom is 0.270 e. The summed E-state index contributed by atoms with van der Waals surface area (Å²) in [5.41, 5.74) is 3.59. The van der Waals surface area contributed by atoms with Crippen molar-refractivity contribution in [1.29, 1.82) is 0 Å². The number of para-hydroxylation sites is 1. The molecule has 0 saturated heterocycles. The first-order chi connectivity index (χ1) is 14.1. The minimum Gasteiger partial charge on any atom is -0.497 e. The van der Waals surface area contributed by atoms with Crippen molar-refractivity contribution in [2.24, 2.45) is 0 Å². The number of amides is 1. The summed E-state index contributed by atoms with van der Waals surface area (Å²) in [6, 6.07) is 17.5. The van der Waals surface area contributed by atoms with Gasteiger partial charge in [-0.3, -0.25) is 4.79 Å². The Morgan fingerprint density at radius 2 is 1.90 bits per heavy atom. The van der Waals surface area contributed by atoms with Crippen LogP contribution in [0.3, 0.4) is 0 Å². The molecule has 0 spiro atoms. The second-order valence-corrected chi connectivity index (χ2v) is 7.01. The average Bonchev–Trinajstić information content (AvgIpc) is 2.74. The van der Waals surface area contributed by atoms with Crippen LogP contribution < -0.4 is 15.4 Å². The van der Waals surface area contributed by atoms with Crippen molar-refractivity contribution in [3.8, 4) is 5.75 Å². The molecular weight excluding hydrogens is 364 g/mol. The summed E-state index contributed by atoms with van der Waals surface area (Å²) in [4.78, 5) is 20.8. The number of carbonyl (C=O) groups excluding carboxylic acids is 1. The molecular formula is C23H26N4O2. The van der Waals surface area contributed by atoms with Crippen LogP contribution in [0.5, 0.6) is 5.75 Å². The molecule has 1 heterocycles. The zero-order valence-corrected chi connectivity index (χ0v) is 17.0. The molecule has 0 aliphatic heterocycles. The van der Waals surface area contributed by atoms with E-state index in [1.165, 1.54) is 11.9 Å². The smallest absolute Gasteiger partial charge is 0.270 e. The maximum atomic E-state index is 12.5. The van der Waals surface area contributed by atoms with Gasteiger partial charge in [-0.2, -0.15) is 0 Å². The quantitative estimate of drug-likeness (QED) is 0.599. The van der Waals surface area contributed by atoms with Gasteiger partial charge in [0.25, 0.3) is 5.91 Å². The Labute approximate surface area is 171 Å². The molecule has 0 saturated carbocycles. The van der Waals surface area contributed by atoms with Gasteiger partial charge in [-0.1, -0.05) is 44.2 Å². The number of nitrogens with zero attached hydrogens (tertiary/aromatic N) is 2. The Bertz CT molecular complexity index is 972. The fourth-order valence-corrected chi connectivity index (χ4v) is 3.04. The molecule has 1 aromatic heterocycles. The van der Waals surface area contributed by atoms with Crippen LogP contribution in [0.25, 0.3) is 0 Å². The lowest BCUT2D eigenvalue weighted by molar-refractivity contribution is 0.0949. The molecule has 3 rings (SSSR count). The zero-order chi connectivity index (χ0) is 20.6. The molecule has 2 aromatic carbocycles. The molecule has 150 valence electrons. The Morgan fingerprint density at radius 1 is 1.07 bits per heavy atom. The first-order valence-electron chi connectivity index (χ1n) is 9.66. The van der Waals surface area contributed by atoms with Crippen molar-refractivity contribution in [3.63, 3.8) is 0 Å². The molecule has 0 bridgehead atoms. The third-order valence-electron chi connectivity index (χ3n) is 4.58. The molecule has 3 aromatic rings. The first-order valence-corrected chi connectivity index (χ1v) is 9.66. The van der Waals surface area contributed by atoms with Gasteiger partial charge in [-0.05, 0) is 41.7 Å². The molecule has 6 nitrogen and oxygen atoms in total. The number of rotatable bonds is 8. The maximum absolute atomic E-state index is 12.5. The lowest BCUT2D eigenvalue weighted by Gasteiger charge is -2.14. The van der Waals surface area contributed by atoms with E-state index in [1.54, 1.807) is 13.2 Å². The molecule has 0 fully saturated rings. The van der Waals surface area contributed by atoms with Crippen LogP contribution >= 0.6 is 0 Å². The molecule has 0 unspecified atom stereocenters. The SMILES string of the molecule is COc1cccc(CCNC(=O)c2cc(Nc3ccccc3C(C)C)ncn2)c1. The number of benzene rings is 2. The van der Waals surface area contributed by atoms with Crippen molar-refractivity contribution in [1.82, 2.24) is 15.3 Å². The van der Waals surface area contributed by atoms with Crippen LogP contribution in [0.15, 0.2) is 60.9 Å². The Hall–Kier alpha value is -3.41. The number of anilines is 2. The van der Waals surface area contributed by atoms with E-state index in [1.807, 2.05) is 42.5 Å². The van der Waals surface area contributed by atoms with Crippen molar-refractivity contribution in [3.05, 3.63) is 77.7 Å². The van der Waals surface area contributed by atoms with Crippen molar-refractivity contribution in [2.45, 2.75) is 26.2 Å². The Balaban J connectivity index is 1.62. The largest absolute Gasteiger partial charge is 0.497 e. The number of ether oxygens (including phenoxy) is 1. The van der Waals surface area contributed by atoms with Gasteiger partial charge in [-0.25, -0.2) is 9.97 Å². The fourth-order valence-electron chi connectivity index (χ4n) is 3.04. The normalized spacial score (nSPS) is 10.6. The second kappa shape index (κ2) is 9.68. The van der Waals surface area contributed by atoms with Gasteiger partial charge in [0, 0.05) is 18.3 Å². The Morgan fingerprint density at radius 3 is 2.69 bits per heavy atom. The lowest BCUT2D eigenvalue weighted by Crippen LogP contribution is -2.26. The minimum absolute atomic E-state index is 0.226. The van der Waals surface area contributed by atoms with Crippen LogP contribution in [-0.2, 0) is 6.42 Å². The topological polar surface area (TPSA) is 76.1 Å². The highest BCUT2D eigenvalue weighted by Crippen LogP contribution is 2.26. The highest BCUT2D eigenvalue weighted by atomic mass is 16.5. The van der Waals surface area contributed by atoms with E-state index in [9.17, 15) is 4.79 Å². The van der Waals surface area contributed by atoms with E-state index < -0.39 is 0 Å². The summed E-state index contributed by atoms with van der Waals surface area (Å²) >= 11 is 0. The molecule has 0 aliphatic rings.